The Kier molecular flexibility index (Phi) is 2.62. The Morgan fingerprint density at radius 3 is 2.67 bits per heavy atom. The first-order valence-electron chi connectivity index (χ1n) is 3.61. The normalized spacial score (nSPS) is 8.83. The molecule has 0 aromatic heterocycles. The van der Waals surface area contributed by atoms with Gasteiger partial charge in [-0.2, -0.15) is 4.79 Å². The molecule has 0 saturated heterocycles. The Hall–Kier alpha value is -1.60. The van der Waals surface area contributed by atoms with E-state index in [4.69, 9.17) is 10.3 Å². The minimum Gasteiger partial charge on any atom is -0.496 e. The molecule has 0 fully saturated rings. The molecule has 0 unspecified atom stereocenters. The highest BCUT2D eigenvalue weighted by Crippen LogP contribution is 2.16. The van der Waals surface area contributed by atoms with Crippen molar-refractivity contribution < 1.29 is 9.53 Å². The van der Waals surface area contributed by atoms with E-state index in [1.807, 2.05) is 24.3 Å². The van der Waals surface area contributed by atoms with E-state index >= 15 is 0 Å². The van der Waals surface area contributed by atoms with Gasteiger partial charge in [-0.05, 0) is 12.1 Å². The third-order valence-corrected chi connectivity index (χ3v) is 1.65. The van der Waals surface area contributed by atoms with Gasteiger partial charge in [0.05, 0.1) is 7.11 Å². The maximum atomic E-state index is 8.54. The number of hydrogen-bond acceptors (Lipinski definition) is 1. The number of methoxy groups -OCH3 is 1. The molecular weight excluding hydrogens is 152 g/mol. The van der Waals surface area contributed by atoms with Crippen molar-refractivity contribution >= 4 is 5.71 Å². The van der Waals surface area contributed by atoms with Gasteiger partial charge in [0.1, 0.15) is 11.3 Å². The fourth-order valence-corrected chi connectivity index (χ4v) is 0.997. The van der Waals surface area contributed by atoms with E-state index in [-0.39, 0.29) is 0 Å². The maximum Gasteiger partial charge on any atom is 0.299 e. The van der Waals surface area contributed by atoms with Gasteiger partial charge >= 0.3 is 0 Å². The molecule has 0 saturated carbocycles. The van der Waals surface area contributed by atoms with E-state index in [0.717, 1.165) is 5.56 Å². The molecule has 62 valence electrons. The topological polar surface area (TPSA) is 45.6 Å². The monoisotopic (exact) mass is 162 g/mol. The van der Waals surface area contributed by atoms with Gasteiger partial charge in [-0.3, -0.25) is 0 Å². The van der Waals surface area contributed by atoms with Crippen LogP contribution in [0.5, 0.6) is 5.75 Å². The first-order chi connectivity index (χ1) is 5.79. The second-order valence-electron chi connectivity index (χ2n) is 2.39. The Morgan fingerprint density at radius 1 is 1.42 bits per heavy atom. The van der Waals surface area contributed by atoms with Gasteiger partial charge in [0.25, 0.3) is 5.71 Å². The van der Waals surface area contributed by atoms with Crippen LogP contribution in [0.2, 0.25) is 0 Å². The van der Waals surface area contributed by atoms with Crippen molar-refractivity contribution in [2.45, 2.75) is 6.92 Å². The molecule has 0 aliphatic rings. The average Bonchev–Trinajstić information content (AvgIpc) is 2.16. The smallest absolute Gasteiger partial charge is 0.299 e. The van der Waals surface area contributed by atoms with Crippen LogP contribution in [-0.2, 0) is 0 Å². The van der Waals surface area contributed by atoms with E-state index in [0.29, 0.717) is 11.5 Å². The zero-order valence-electron chi connectivity index (χ0n) is 7.11. The number of nitrogens with zero attached hydrogens (tertiary/aromatic N) is 2. The van der Waals surface area contributed by atoms with Crippen LogP contribution in [0.15, 0.2) is 24.3 Å². The molecule has 0 amide bonds. The summed E-state index contributed by atoms with van der Waals surface area (Å²) in [5.74, 6) is 0.716. The summed E-state index contributed by atoms with van der Waals surface area (Å²) in [7, 11) is 1.59. The molecular formula is C9H10N2O. The van der Waals surface area contributed by atoms with Crippen LogP contribution in [0, 0.1) is 0 Å². The van der Waals surface area contributed by atoms with Crippen molar-refractivity contribution in [2.75, 3.05) is 7.11 Å². The van der Waals surface area contributed by atoms with Gasteiger partial charge in [0.15, 0.2) is 0 Å². The predicted octanol–water partition coefficient (Wildman–Crippen LogP) is 1.73. The minimum atomic E-state index is 0.549. The summed E-state index contributed by atoms with van der Waals surface area (Å²) >= 11 is 0. The lowest BCUT2D eigenvalue weighted by Gasteiger charge is -2.01. The predicted molar refractivity (Wildman–Crippen MR) is 46.4 cm³/mol. The quantitative estimate of drug-likeness (QED) is 0.371. The van der Waals surface area contributed by atoms with Crippen molar-refractivity contribution in [1.29, 1.82) is 0 Å². The fourth-order valence-electron chi connectivity index (χ4n) is 0.997. The van der Waals surface area contributed by atoms with E-state index in [1.165, 1.54) is 0 Å². The number of benzene rings is 1. The molecule has 12 heavy (non-hydrogen) atoms. The van der Waals surface area contributed by atoms with Gasteiger partial charge in [-0.25, -0.2) is 0 Å². The van der Waals surface area contributed by atoms with Crippen LogP contribution in [-0.4, -0.2) is 17.6 Å². The van der Waals surface area contributed by atoms with Crippen molar-refractivity contribution in [3.63, 3.8) is 0 Å². The van der Waals surface area contributed by atoms with Crippen LogP contribution in [0.25, 0.3) is 5.53 Å². The number of para-hydroxylation sites is 1. The highest BCUT2D eigenvalue weighted by atomic mass is 16.5. The summed E-state index contributed by atoms with van der Waals surface area (Å²) < 4.78 is 5.08. The number of ether oxygens (including phenoxy) is 1. The van der Waals surface area contributed by atoms with Gasteiger partial charge in [0, 0.05) is 6.92 Å². The molecule has 1 aromatic rings. The SMILES string of the molecule is COc1ccccc1C(C)=[N+]=[N-]. The summed E-state index contributed by atoms with van der Waals surface area (Å²) in [6.45, 7) is 1.72. The lowest BCUT2D eigenvalue weighted by atomic mass is 10.1. The first kappa shape index (κ1) is 8.50. The number of rotatable bonds is 2. The molecule has 1 aromatic carbocycles. The second kappa shape index (κ2) is 3.69. The Balaban J connectivity index is 3.22. The zero-order chi connectivity index (χ0) is 8.97. The standard InChI is InChI=1S/C9H10N2O/c1-7(11-10)8-5-3-4-6-9(8)12-2/h3-6H,1-2H3. The molecule has 0 N–H and O–H groups in total. The summed E-state index contributed by atoms with van der Waals surface area (Å²) in [5.41, 5.74) is 9.90. The van der Waals surface area contributed by atoms with Crippen LogP contribution < -0.4 is 4.74 Å². The maximum absolute atomic E-state index is 8.54. The lowest BCUT2D eigenvalue weighted by Crippen LogP contribution is -1.98. The molecule has 0 aliphatic carbocycles. The molecule has 0 atom stereocenters. The molecule has 0 heterocycles. The molecule has 1 rings (SSSR count). The molecule has 0 bridgehead atoms. The average molecular weight is 162 g/mol. The third kappa shape index (κ3) is 1.52. The van der Waals surface area contributed by atoms with Crippen molar-refractivity contribution in [2.24, 2.45) is 0 Å². The highest BCUT2D eigenvalue weighted by Gasteiger charge is 2.09. The van der Waals surface area contributed by atoms with Crippen molar-refractivity contribution in [3.05, 3.63) is 35.4 Å². The largest absolute Gasteiger partial charge is 0.496 e. The summed E-state index contributed by atoms with van der Waals surface area (Å²) in [6.07, 6.45) is 0. The van der Waals surface area contributed by atoms with E-state index < -0.39 is 0 Å². The second-order valence-corrected chi connectivity index (χ2v) is 2.39. The molecule has 3 heteroatoms. The highest BCUT2D eigenvalue weighted by molar-refractivity contribution is 5.96. The first-order valence-corrected chi connectivity index (χ1v) is 3.61. The van der Waals surface area contributed by atoms with Gasteiger partial charge in [-0.1, -0.05) is 12.1 Å². The number of hydrogen-bond donors (Lipinski definition) is 0. The minimum absolute atomic E-state index is 0.549. The summed E-state index contributed by atoms with van der Waals surface area (Å²) in [5, 5.41) is 0. The van der Waals surface area contributed by atoms with Crippen LogP contribution in [0.4, 0.5) is 0 Å². The molecule has 3 nitrogen and oxygen atoms in total. The van der Waals surface area contributed by atoms with Gasteiger partial charge in [0.2, 0.25) is 0 Å². The summed E-state index contributed by atoms with van der Waals surface area (Å²) in [4.78, 5) is 3.10. The lowest BCUT2D eigenvalue weighted by molar-refractivity contribution is -0.00475. The zero-order valence-corrected chi connectivity index (χ0v) is 7.11. The Labute approximate surface area is 71.2 Å². The van der Waals surface area contributed by atoms with Gasteiger partial charge in [-0.15, -0.1) is 0 Å². The molecule has 0 aliphatic heterocycles. The van der Waals surface area contributed by atoms with Crippen LogP contribution in [0.3, 0.4) is 0 Å². The Bertz CT molecular complexity index is 327. The molecule has 0 spiro atoms. The molecule has 0 radical (unpaired) electrons. The van der Waals surface area contributed by atoms with Gasteiger partial charge < -0.3 is 10.3 Å². The van der Waals surface area contributed by atoms with E-state index in [9.17, 15) is 0 Å². The van der Waals surface area contributed by atoms with E-state index in [2.05, 4.69) is 4.79 Å². The Morgan fingerprint density at radius 2 is 2.08 bits per heavy atom. The van der Waals surface area contributed by atoms with Crippen LogP contribution >= 0.6 is 0 Å². The van der Waals surface area contributed by atoms with E-state index in [1.54, 1.807) is 14.0 Å². The van der Waals surface area contributed by atoms with Crippen molar-refractivity contribution in [1.82, 2.24) is 0 Å². The fraction of sp³-hybridized carbons (Fsp3) is 0.222. The third-order valence-electron chi connectivity index (χ3n) is 1.65. The van der Waals surface area contributed by atoms with Crippen LogP contribution in [0.1, 0.15) is 12.5 Å². The summed E-state index contributed by atoms with van der Waals surface area (Å²) in [6, 6.07) is 7.40. The van der Waals surface area contributed by atoms with Crippen molar-refractivity contribution in [3.8, 4) is 5.75 Å².